The van der Waals surface area contributed by atoms with E-state index >= 15 is 0 Å². The molecule has 8 nitrogen and oxygen atoms in total. The summed E-state index contributed by atoms with van der Waals surface area (Å²) >= 11 is 3.31. The largest absolute Gasteiger partial charge is 0.508 e. The Morgan fingerprint density at radius 1 is 1.16 bits per heavy atom. The van der Waals surface area contributed by atoms with Crippen molar-refractivity contribution in [2.45, 2.75) is 24.9 Å². The number of carboxylic acids is 1. The smallest absolute Gasteiger partial charge is 0.327 e. The third-order valence-electron chi connectivity index (χ3n) is 6.21. The zero-order chi connectivity index (χ0) is 22.5. The van der Waals surface area contributed by atoms with Gasteiger partial charge in [-0.25, -0.2) is 4.90 Å². The van der Waals surface area contributed by atoms with E-state index in [9.17, 15) is 29.7 Å². The van der Waals surface area contributed by atoms with Gasteiger partial charge < -0.3 is 15.3 Å². The van der Waals surface area contributed by atoms with Crippen LogP contribution in [-0.2, 0) is 20.8 Å². The quantitative estimate of drug-likeness (QED) is 0.473. The number of carbonyl (C=O) groups is 3. The molecule has 31 heavy (non-hydrogen) atoms. The first kappa shape index (κ1) is 21.5. The monoisotopic (exact) mass is 488 g/mol. The van der Waals surface area contributed by atoms with Crippen molar-refractivity contribution in [2.75, 3.05) is 11.5 Å². The number of phenols is 1. The topological polar surface area (TPSA) is 127 Å². The number of carbonyl (C=O) groups excluding carboxylic acids is 2. The van der Waals surface area contributed by atoms with Crippen LogP contribution >= 0.6 is 15.9 Å². The van der Waals surface area contributed by atoms with Crippen LogP contribution in [0.5, 0.6) is 5.75 Å². The first-order valence-corrected chi connectivity index (χ1v) is 10.6. The van der Waals surface area contributed by atoms with Gasteiger partial charge in [0.25, 0.3) is 0 Å². The van der Waals surface area contributed by atoms with Gasteiger partial charge in [-0.2, -0.15) is 0 Å². The fraction of sp³-hybridized carbons (Fsp3) is 0.318. The van der Waals surface area contributed by atoms with Crippen LogP contribution in [0.4, 0.5) is 5.69 Å². The van der Waals surface area contributed by atoms with Crippen LogP contribution in [0, 0.1) is 11.8 Å². The van der Waals surface area contributed by atoms with Crippen LogP contribution in [-0.4, -0.2) is 45.2 Å². The molecule has 4 atom stereocenters. The van der Waals surface area contributed by atoms with Crippen molar-refractivity contribution < 1.29 is 29.7 Å². The zero-order valence-electron chi connectivity index (χ0n) is 16.6. The van der Waals surface area contributed by atoms with E-state index < -0.39 is 47.8 Å². The van der Waals surface area contributed by atoms with Gasteiger partial charge in [-0.15, -0.1) is 0 Å². The average Bonchev–Trinajstić information content (AvgIpc) is 3.24. The normalized spacial score (nSPS) is 27.6. The number of imide groups is 1. The van der Waals surface area contributed by atoms with Crippen molar-refractivity contribution in [1.29, 1.82) is 0 Å². The standard InChI is InChI=1S/C22H21BrN2O6/c1-2-11-3-6-13(7-4-11)25-19(28)16-17(20(25)29)22(10-26,21(30)31)24-18(16)14-9-12(23)5-8-15(14)27/h3-9,16-18,24,26-27H,2,10H2,1H3,(H,30,31). The number of phenolic OH excluding ortho intramolecular Hbond substituents is 1. The molecular formula is C22H21BrN2O6. The van der Waals surface area contributed by atoms with Crippen LogP contribution in [0.15, 0.2) is 46.9 Å². The van der Waals surface area contributed by atoms with E-state index in [-0.39, 0.29) is 11.3 Å². The van der Waals surface area contributed by atoms with Gasteiger partial charge in [-0.3, -0.25) is 19.7 Å². The number of hydrogen-bond acceptors (Lipinski definition) is 6. The van der Waals surface area contributed by atoms with Gasteiger partial charge in [0.1, 0.15) is 5.75 Å². The van der Waals surface area contributed by atoms with Gasteiger partial charge >= 0.3 is 5.97 Å². The van der Waals surface area contributed by atoms with E-state index in [1.54, 1.807) is 36.4 Å². The summed E-state index contributed by atoms with van der Waals surface area (Å²) in [6, 6.07) is 10.5. The van der Waals surface area contributed by atoms with Crippen molar-refractivity contribution in [1.82, 2.24) is 5.32 Å². The number of aliphatic hydroxyl groups excluding tert-OH is 1. The van der Waals surface area contributed by atoms with Gasteiger partial charge in [0.15, 0.2) is 5.54 Å². The lowest BCUT2D eigenvalue weighted by molar-refractivity contribution is -0.150. The molecule has 162 valence electrons. The minimum atomic E-state index is -2.06. The van der Waals surface area contributed by atoms with Gasteiger partial charge in [0, 0.05) is 16.1 Å². The maximum Gasteiger partial charge on any atom is 0.327 e. The van der Waals surface area contributed by atoms with Gasteiger partial charge in [-0.05, 0) is 42.3 Å². The number of aliphatic hydroxyl groups is 1. The van der Waals surface area contributed by atoms with Crippen molar-refractivity contribution in [2.24, 2.45) is 11.8 Å². The number of halogens is 1. The molecule has 2 fully saturated rings. The Bertz CT molecular complexity index is 1070. The second-order valence-corrected chi connectivity index (χ2v) is 8.71. The molecule has 2 saturated heterocycles. The molecule has 2 aliphatic rings. The molecule has 2 heterocycles. The summed E-state index contributed by atoms with van der Waals surface area (Å²) < 4.78 is 0.610. The molecule has 0 saturated carbocycles. The Kier molecular flexibility index (Phi) is 5.36. The van der Waals surface area contributed by atoms with E-state index in [1.807, 2.05) is 6.92 Å². The highest BCUT2D eigenvalue weighted by atomic mass is 79.9. The highest BCUT2D eigenvalue weighted by molar-refractivity contribution is 9.10. The summed E-state index contributed by atoms with van der Waals surface area (Å²) in [7, 11) is 0. The molecule has 4 N–H and O–H groups in total. The summed E-state index contributed by atoms with van der Waals surface area (Å²) in [6.45, 7) is 1.09. The number of hydrogen-bond donors (Lipinski definition) is 4. The zero-order valence-corrected chi connectivity index (χ0v) is 18.2. The molecule has 2 aromatic rings. The number of aliphatic carboxylic acids is 1. The molecule has 0 spiro atoms. The minimum Gasteiger partial charge on any atom is -0.508 e. The maximum atomic E-state index is 13.5. The summed E-state index contributed by atoms with van der Waals surface area (Å²) in [5, 5.41) is 33.2. The van der Waals surface area contributed by atoms with E-state index in [2.05, 4.69) is 21.2 Å². The number of nitrogens with one attached hydrogen (secondary N) is 1. The third kappa shape index (κ3) is 3.15. The second kappa shape index (κ2) is 7.74. The lowest BCUT2D eigenvalue weighted by atomic mass is 9.79. The first-order valence-electron chi connectivity index (χ1n) is 9.82. The van der Waals surface area contributed by atoms with Crippen molar-refractivity contribution in [3.05, 3.63) is 58.1 Å². The van der Waals surface area contributed by atoms with E-state index in [1.165, 1.54) is 6.07 Å². The molecule has 2 aromatic carbocycles. The summed E-state index contributed by atoms with van der Waals surface area (Å²) in [6.07, 6.45) is 0.786. The van der Waals surface area contributed by atoms with Crippen molar-refractivity contribution in [3.63, 3.8) is 0 Å². The van der Waals surface area contributed by atoms with E-state index in [4.69, 9.17) is 0 Å². The predicted octanol–water partition coefficient (Wildman–Crippen LogP) is 1.98. The number of nitrogens with zero attached hydrogens (tertiary/aromatic N) is 1. The number of aromatic hydroxyl groups is 1. The summed E-state index contributed by atoms with van der Waals surface area (Å²) in [4.78, 5) is 40.1. The SMILES string of the molecule is CCc1ccc(N2C(=O)C3C(c4cc(Br)ccc4O)NC(CO)(C(=O)O)C3C2=O)cc1. The second-order valence-electron chi connectivity index (χ2n) is 7.80. The molecule has 0 bridgehead atoms. The van der Waals surface area contributed by atoms with Gasteiger partial charge in [-0.1, -0.05) is 35.0 Å². The third-order valence-corrected chi connectivity index (χ3v) is 6.71. The number of benzene rings is 2. The minimum absolute atomic E-state index is 0.149. The highest BCUT2D eigenvalue weighted by Crippen LogP contribution is 2.51. The molecule has 4 rings (SSSR count). The number of aryl methyl sites for hydroxylation is 1. The van der Waals surface area contributed by atoms with E-state index in [0.717, 1.165) is 16.9 Å². The van der Waals surface area contributed by atoms with E-state index in [0.29, 0.717) is 10.2 Å². The lowest BCUT2D eigenvalue weighted by Gasteiger charge is -2.29. The molecule has 0 aliphatic carbocycles. The van der Waals surface area contributed by atoms with Crippen LogP contribution in [0.2, 0.25) is 0 Å². The Labute approximate surface area is 186 Å². The predicted molar refractivity (Wildman–Crippen MR) is 114 cm³/mol. The Morgan fingerprint density at radius 2 is 1.84 bits per heavy atom. The van der Waals surface area contributed by atoms with Crippen molar-refractivity contribution in [3.8, 4) is 5.75 Å². The highest BCUT2D eigenvalue weighted by Gasteiger charge is 2.69. The number of fused-ring (bicyclic) bond motifs is 1. The Balaban J connectivity index is 1.85. The Hall–Kier alpha value is -2.75. The number of rotatable bonds is 5. The van der Waals surface area contributed by atoms with Gasteiger partial charge in [0.05, 0.1) is 24.1 Å². The lowest BCUT2D eigenvalue weighted by Crippen LogP contribution is -2.58. The summed E-state index contributed by atoms with van der Waals surface area (Å²) in [5.41, 5.74) is -0.423. The molecule has 2 aliphatic heterocycles. The van der Waals surface area contributed by atoms with Crippen LogP contribution < -0.4 is 10.2 Å². The Morgan fingerprint density at radius 3 is 2.42 bits per heavy atom. The maximum absolute atomic E-state index is 13.5. The molecule has 9 heteroatoms. The average molecular weight is 489 g/mol. The van der Waals surface area contributed by atoms with Crippen LogP contribution in [0.1, 0.15) is 24.1 Å². The fourth-order valence-corrected chi connectivity index (χ4v) is 4.97. The number of amides is 2. The van der Waals surface area contributed by atoms with Crippen LogP contribution in [0.25, 0.3) is 0 Å². The number of carboxylic acid groups (broad SMARTS) is 1. The van der Waals surface area contributed by atoms with Crippen molar-refractivity contribution >= 4 is 39.4 Å². The molecule has 2 amide bonds. The molecular weight excluding hydrogens is 468 g/mol. The number of anilines is 1. The summed E-state index contributed by atoms with van der Waals surface area (Å²) in [5.74, 6) is -5.30. The fourth-order valence-electron chi connectivity index (χ4n) is 4.59. The van der Waals surface area contributed by atoms with Gasteiger partial charge in [0.2, 0.25) is 11.8 Å². The molecule has 0 radical (unpaired) electrons. The molecule has 0 aromatic heterocycles. The first-order chi connectivity index (χ1) is 14.7. The van der Waals surface area contributed by atoms with Crippen LogP contribution in [0.3, 0.4) is 0 Å². The molecule has 4 unspecified atom stereocenters.